The second-order valence-electron chi connectivity index (χ2n) is 6.97. The van der Waals surface area contributed by atoms with Crippen LogP contribution in [0.2, 0.25) is 0 Å². The van der Waals surface area contributed by atoms with Crippen molar-refractivity contribution >= 4 is 27.6 Å². The Hall–Kier alpha value is -1.23. The number of hydrogen-bond donors (Lipinski definition) is 1. The highest BCUT2D eigenvalue weighted by Crippen LogP contribution is 2.25. The van der Waals surface area contributed by atoms with Gasteiger partial charge in [0.25, 0.3) is 0 Å². The van der Waals surface area contributed by atoms with Crippen LogP contribution in [-0.4, -0.2) is 43.6 Å². The summed E-state index contributed by atoms with van der Waals surface area (Å²) in [6.45, 7) is 7.47. The van der Waals surface area contributed by atoms with Crippen LogP contribution in [0, 0.1) is 11.8 Å². The Labute approximate surface area is 147 Å². The number of nitrogens with two attached hydrogens (primary N) is 1. The van der Waals surface area contributed by atoms with E-state index in [1.165, 1.54) is 24.9 Å². The molecule has 5 heteroatoms. The smallest absolute Gasteiger partial charge is 0.191 e. The van der Waals surface area contributed by atoms with Crippen LogP contribution in [0.4, 0.5) is 5.69 Å². The quantitative estimate of drug-likeness (QED) is 0.647. The van der Waals surface area contributed by atoms with E-state index < -0.39 is 0 Å². The number of guanidine groups is 1. The standard InChI is InChI=1S/C18H27BrN4/c1-14-3-2-9-23(12-14)18(20)21-11-15-8-10-22(13-15)17-6-4-16(19)5-7-17/h4-7,14-15H,2-3,8-13H2,1H3,(H2,20,21). The predicted molar refractivity (Wildman–Crippen MR) is 101 cm³/mol. The molecule has 2 fully saturated rings. The van der Waals surface area contributed by atoms with E-state index in [4.69, 9.17) is 10.7 Å². The topological polar surface area (TPSA) is 44.9 Å². The van der Waals surface area contributed by atoms with Gasteiger partial charge in [0, 0.05) is 42.9 Å². The average Bonchev–Trinajstić information content (AvgIpc) is 3.02. The van der Waals surface area contributed by atoms with Crippen LogP contribution in [0.3, 0.4) is 0 Å². The van der Waals surface area contributed by atoms with Gasteiger partial charge in [0.1, 0.15) is 0 Å². The van der Waals surface area contributed by atoms with Crippen molar-refractivity contribution < 1.29 is 0 Å². The lowest BCUT2D eigenvalue weighted by molar-refractivity contribution is 0.270. The second-order valence-corrected chi connectivity index (χ2v) is 7.89. The number of nitrogens with zero attached hydrogens (tertiary/aromatic N) is 3. The van der Waals surface area contributed by atoms with Crippen LogP contribution in [0.15, 0.2) is 33.7 Å². The van der Waals surface area contributed by atoms with Gasteiger partial charge < -0.3 is 15.5 Å². The highest BCUT2D eigenvalue weighted by molar-refractivity contribution is 9.10. The maximum absolute atomic E-state index is 6.21. The Balaban J connectivity index is 1.51. The van der Waals surface area contributed by atoms with Gasteiger partial charge in [0.05, 0.1) is 0 Å². The van der Waals surface area contributed by atoms with Crippen molar-refractivity contribution in [3.63, 3.8) is 0 Å². The summed E-state index contributed by atoms with van der Waals surface area (Å²) in [7, 11) is 0. The third-order valence-electron chi connectivity index (χ3n) is 4.97. The van der Waals surface area contributed by atoms with E-state index in [1.54, 1.807) is 0 Å². The Bertz CT molecular complexity index is 542. The van der Waals surface area contributed by atoms with Gasteiger partial charge in [-0.2, -0.15) is 0 Å². The Morgan fingerprint density at radius 3 is 2.74 bits per heavy atom. The highest BCUT2D eigenvalue weighted by Gasteiger charge is 2.23. The van der Waals surface area contributed by atoms with Gasteiger partial charge in [-0.15, -0.1) is 0 Å². The first-order valence-electron chi connectivity index (χ1n) is 8.67. The molecule has 0 aliphatic carbocycles. The summed E-state index contributed by atoms with van der Waals surface area (Å²) in [6, 6.07) is 8.57. The molecule has 2 aliphatic heterocycles. The summed E-state index contributed by atoms with van der Waals surface area (Å²) in [6.07, 6.45) is 3.75. The molecule has 1 aromatic rings. The van der Waals surface area contributed by atoms with Crippen LogP contribution in [0.25, 0.3) is 0 Å². The normalized spacial score (nSPS) is 25.9. The van der Waals surface area contributed by atoms with E-state index in [-0.39, 0.29) is 0 Å². The fourth-order valence-corrected chi connectivity index (χ4v) is 3.85. The molecule has 2 heterocycles. The monoisotopic (exact) mass is 378 g/mol. The molecule has 4 nitrogen and oxygen atoms in total. The minimum atomic E-state index is 0.611. The molecule has 23 heavy (non-hydrogen) atoms. The number of piperidine rings is 1. The van der Waals surface area contributed by atoms with Crippen molar-refractivity contribution in [1.82, 2.24) is 4.90 Å². The number of benzene rings is 1. The van der Waals surface area contributed by atoms with Crippen molar-refractivity contribution in [3.05, 3.63) is 28.7 Å². The number of aliphatic imine (C=N–C) groups is 1. The van der Waals surface area contributed by atoms with E-state index in [9.17, 15) is 0 Å². The average molecular weight is 379 g/mol. The summed E-state index contributed by atoms with van der Waals surface area (Å²) in [5.41, 5.74) is 7.51. The number of likely N-dealkylation sites (tertiary alicyclic amines) is 1. The maximum Gasteiger partial charge on any atom is 0.191 e. The fourth-order valence-electron chi connectivity index (χ4n) is 3.59. The zero-order valence-electron chi connectivity index (χ0n) is 13.9. The van der Waals surface area contributed by atoms with Crippen LogP contribution >= 0.6 is 15.9 Å². The number of hydrogen-bond acceptors (Lipinski definition) is 2. The van der Waals surface area contributed by atoms with Crippen molar-refractivity contribution in [3.8, 4) is 0 Å². The molecular weight excluding hydrogens is 352 g/mol. The molecule has 0 bridgehead atoms. The first kappa shape index (κ1) is 16.6. The van der Waals surface area contributed by atoms with Gasteiger partial charge in [-0.1, -0.05) is 22.9 Å². The van der Waals surface area contributed by atoms with E-state index in [0.717, 1.165) is 49.1 Å². The molecule has 1 aromatic carbocycles. The molecule has 0 aromatic heterocycles. The van der Waals surface area contributed by atoms with E-state index in [1.807, 2.05) is 0 Å². The molecule has 126 valence electrons. The zero-order chi connectivity index (χ0) is 16.2. The lowest BCUT2D eigenvalue weighted by atomic mass is 10.0. The molecule has 2 N–H and O–H groups in total. The van der Waals surface area contributed by atoms with E-state index in [2.05, 4.69) is 56.9 Å². The molecular formula is C18H27BrN4. The minimum absolute atomic E-state index is 0.611. The molecule has 0 saturated carbocycles. The Morgan fingerprint density at radius 2 is 2.00 bits per heavy atom. The second kappa shape index (κ2) is 7.56. The summed E-state index contributed by atoms with van der Waals surface area (Å²) >= 11 is 3.49. The maximum atomic E-state index is 6.21. The lowest BCUT2D eigenvalue weighted by Crippen LogP contribution is -2.43. The summed E-state index contributed by atoms with van der Waals surface area (Å²) < 4.78 is 1.13. The SMILES string of the molecule is CC1CCCN(C(N)=NCC2CCN(c3ccc(Br)cc3)C2)C1. The summed E-state index contributed by atoms with van der Waals surface area (Å²) in [5.74, 6) is 2.09. The van der Waals surface area contributed by atoms with Gasteiger partial charge in [0.2, 0.25) is 0 Å². The van der Waals surface area contributed by atoms with Crippen LogP contribution in [0.1, 0.15) is 26.2 Å². The molecule has 2 aliphatic rings. The minimum Gasteiger partial charge on any atom is -0.371 e. The molecule has 3 rings (SSSR count). The van der Waals surface area contributed by atoms with Gasteiger partial charge >= 0.3 is 0 Å². The highest BCUT2D eigenvalue weighted by atomic mass is 79.9. The zero-order valence-corrected chi connectivity index (χ0v) is 15.5. The largest absolute Gasteiger partial charge is 0.371 e. The predicted octanol–water partition coefficient (Wildman–Crippen LogP) is 3.32. The van der Waals surface area contributed by atoms with Crippen LogP contribution in [0.5, 0.6) is 0 Å². The van der Waals surface area contributed by atoms with Gasteiger partial charge in [-0.05, 0) is 55.4 Å². The number of halogens is 1. The number of anilines is 1. The molecule has 2 unspecified atom stereocenters. The fraction of sp³-hybridized carbons (Fsp3) is 0.611. The molecule has 0 spiro atoms. The molecule has 2 atom stereocenters. The molecule has 0 radical (unpaired) electrons. The van der Waals surface area contributed by atoms with Crippen LogP contribution in [-0.2, 0) is 0 Å². The molecule has 0 amide bonds. The van der Waals surface area contributed by atoms with E-state index >= 15 is 0 Å². The van der Waals surface area contributed by atoms with Crippen molar-refractivity contribution in [2.45, 2.75) is 26.2 Å². The van der Waals surface area contributed by atoms with Gasteiger partial charge in [0.15, 0.2) is 5.96 Å². The summed E-state index contributed by atoms with van der Waals surface area (Å²) in [5, 5.41) is 0. The van der Waals surface area contributed by atoms with Crippen molar-refractivity contribution in [1.29, 1.82) is 0 Å². The van der Waals surface area contributed by atoms with Crippen molar-refractivity contribution in [2.75, 3.05) is 37.6 Å². The summed E-state index contributed by atoms with van der Waals surface area (Å²) in [4.78, 5) is 9.40. The first-order valence-corrected chi connectivity index (χ1v) is 9.46. The lowest BCUT2D eigenvalue weighted by Gasteiger charge is -2.31. The first-order chi connectivity index (χ1) is 11.1. The Morgan fingerprint density at radius 1 is 1.22 bits per heavy atom. The van der Waals surface area contributed by atoms with Crippen LogP contribution < -0.4 is 10.6 Å². The molecule has 2 saturated heterocycles. The number of rotatable bonds is 3. The van der Waals surface area contributed by atoms with E-state index in [0.29, 0.717) is 5.92 Å². The van der Waals surface area contributed by atoms with Gasteiger partial charge in [-0.25, -0.2) is 0 Å². The Kier molecular flexibility index (Phi) is 5.46. The third-order valence-corrected chi connectivity index (χ3v) is 5.50. The third kappa shape index (κ3) is 4.40. The van der Waals surface area contributed by atoms with Crippen molar-refractivity contribution in [2.24, 2.45) is 22.6 Å². The van der Waals surface area contributed by atoms with Gasteiger partial charge in [-0.3, -0.25) is 4.99 Å².